The molecule has 0 bridgehead atoms. The molecule has 2 rings (SSSR count). The van der Waals surface area contributed by atoms with Gasteiger partial charge >= 0.3 is 0 Å². The summed E-state index contributed by atoms with van der Waals surface area (Å²) in [5, 5.41) is 11.8. The number of nitrogens with one attached hydrogen (secondary N) is 2. The molecule has 1 heterocycles. The van der Waals surface area contributed by atoms with Gasteiger partial charge in [0, 0.05) is 6.20 Å². The highest BCUT2D eigenvalue weighted by molar-refractivity contribution is 5.93. The van der Waals surface area contributed by atoms with E-state index in [1.807, 2.05) is 0 Å². The number of aliphatic hydroxyl groups is 1. The highest BCUT2D eigenvalue weighted by Crippen LogP contribution is 2.34. The molecule has 0 aromatic carbocycles. The van der Waals surface area contributed by atoms with Gasteiger partial charge in [-0.1, -0.05) is 0 Å². The number of amides is 1. The molecule has 3 N–H and O–H groups in total. The Balaban J connectivity index is 2.00. The number of rotatable bonds is 3. The number of H-pyrrole nitrogens is 1. The molecule has 0 saturated heterocycles. The highest BCUT2D eigenvalue weighted by Gasteiger charge is 2.43. The second-order valence-corrected chi connectivity index (χ2v) is 3.48. The summed E-state index contributed by atoms with van der Waals surface area (Å²) in [6.07, 6.45) is 3.44. The van der Waals surface area contributed by atoms with Crippen LogP contribution < -0.4 is 5.32 Å². The maximum Gasteiger partial charge on any atom is 0.268 e. The maximum absolute atomic E-state index is 11.5. The predicted molar refractivity (Wildman–Crippen MR) is 47.3 cm³/mol. The Labute approximate surface area is 76.0 Å². The molecule has 0 atom stereocenters. The van der Waals surface area contributed by atoms with Crippen LogP contribution in [0.3, 0.4) is 0 Å². The molecular formula is C9H12N2O2. The average Bonchev–Trinajstić information content (AvgIpc) is 2.69. The van der Waals surface area contributed by atoms with Crippen molar-refractivity contribution in [1.29, 1.82) is 0 Å². The van der Waals surface area contributed by atoms with Crippen molar-refractivity contribution in [1.82, 2.24) is 10.3 Å². The van der Waals surface area contributed by atoms with Gasteiger partial charge in [0.15, 0.2) is 0 Å². The fraction of sp³-hybridized carbons (Fsp3) is 0.444. The molecule has 1 amide bonds. The fourth-order valence-electron chi connectivity index (χ4n) is 1.25. The number of aromatic amines is 1. The summed E-state index contributed by atoms with van der Waals surface area (Å²) < 4.78 is 0. The van der Waals surface area contributed by atoms with Crippen LogP contribution >= 0.6 is 0 Å². The van der Waals surface area contributed by atoms with Crippen molar-refractivity contribution in [2.45, 2.75) is 18.4 Å². The molecule has 1 fully saturated rings. The summed E-state index contributed by atoms with van der Waals surface area (Å²) in [7, 11) is 0. The molecule has 0 spiro atoms. The van der Waals surface area contributed by atoms with Crippen LogP contribution in [0.2, 0.25) is 0 Å². The number of hydrogen-bond acceptors (Lipinski definition) is 2. The van der Waals surface area contributed by atoms with E-state index >= 15 is 0 Å². The Morgan fingerprint density at radius 2 is 2.46 bits per heavy atom. The van der Waals surface area contributed by atoms with Crippen LogP contribution in [-0.2, 0) is 0 Å². The first-order valence-electron chi connectivity index (χ1n) is 4.33. The lowest BCUT2D eigenvalue weighted by Gasteiger charge is -2.12. The number of carbonyl (C=O) groups is 1. The van der Waals surface area contributed by atoms with Crippen LogP contribution in [0, 0.1) is 0 Å². The monoisotopic (exact) mass is 180 g/mol. The molecule has 4 heteroatoms. The molecule has 1 saturated carbocycles. The topological polar surface area (TPSA) is 65.1 Å². The predicted octanol–water partition coefficient (Wildman–Crippen LogP) is 0.269. The van der Waals surface area contributed by atoms with Crippen LogP contribution in [0.1, 0.15) is 23.3 Å². The summed E-state index contributed by atoms with van der Waals surface area (Å²) >= 11 is 0. The Kier molecular flexibility index (Phi) is 1.84. The molecule has 0 unspecified atom stereocenters. The number of hydrogen-bond donors (Lipinski definition) is 3. The van der Waals surface area contributed by atoms with Gasteiger partial charge in [-0.2, -0.15) is 0 Å². The molecule has 1 aliphatic rings. The summed E-state index contributed by atoms with van der Waals surface area (Å²) in [6, 6.07) is 3.48. The van der Waals surface area contributed by atoms with E-state index in [0.717, 1.165) is 12.8 Å². The standard InChI is InChI=1S/C9H12N2O2/c12-6-9(3-4-9)11-8(13)7-2-1-5-10-7/h1-2,5,10,12H,3-4,6H2,(H,11,13). The van der Waals surface area contributed by atoms with Crippen molar-refractivity contribution >= 4 is 5.91 Å². The fourth-order valence-corrected chi connectivity index (χ4v) is 1.25. The quantitative estimate of drug-likeness (QED) is 0.625. The van der Waals surface area contributed by atoms with Crippen LogP contribution in [0.4, 0.5) is 0 Å². The van der Waals surface area contributed by atoms with E-state index in [1.165, 1.54) is 0 Å². The number of aromatic nitrogens is 1. The van der Waals surface area contributed by atoms with Gasteiger partial charge in [-0.05, 0) is 25.0 Å². The molecule has 1 aromatic heterocycles. The Hall–Kier alpha value is -1.29. The van der Waals surface area contributed by atoms with Gasteiger partial charge in [0.1, 0.15) is 5.69 Å². The van der Waals surface area contributed by atoms with Crippen LogP contribution in [0.25, 0.3) is 0 Å². The minimum Gasteiger partial charge on any atom is -0.394 e. The molecule has 1 aliphatic carbocycles. The zero-order valence-electron chi connectivity index (χ0n) is 7.21. The second-order valence-electron chi connectivity index (χ2n) is 3.48. The molecule has 1 aromatic rings. The average molecular weight is 180 g/mol. The van der Waals surface area contributed by atoms with E-state index in [2.05, 4.69) is 10.3 Å². The van der Waals surface area contributed by atoms with Gasteiger partial charge in [-0.3, -0.25) is 4.79 Å². The minimum atomic E-state index is -0.331. The first-order valence-corrected chi connectivity index (χ1v) is 4.33. The van der Waals surface area contributed by atoms with E-state index in [9.17, 15) is 4.79 Å². The van der Waals surface area contributed by atoms with E-state index in [0.29, 0.717) is 5.69 Å². The Morgan fingerprint density at radius 1 is 1.69 bits per heavy atom. The van der Waals surface area contributed by atoms with E-state index in [1.54, 1.807) is 18.3 Å². The van der Waals surface area contributed by atoms with Crippen molar-refractivity contribution in [3.05, 3.63) is 24.0 Å². The highest BCUT2D eigenvalue weighted by atomic mass is 16.3. The van der Waals surface area contributed by atoms with Gasteiger partial charge in [-0.15, -0.1) is 0 Å². The van der Waals surface area contributed by atoms with Crippen LogP contribution in [0.15, 0.2) is 18.3 Å². The SMILES string of the molecule is O=C(NC1(CO)CC1)c1ccc[nH]1. The summed E-state index contributed by atoms with van der Waals surface area (Å²) in [5.41, 5.74) is 0.210. The minimum absolute atomic E-state index is 0.0272. The number of carbonyl (C=O) groups excluding carboxylic acids is 1. The third-order valence-electron chi connectivity index (χ3n) is 2.38. The van der Waals surface area contributed by atoms with Crippen LogP contribution in [-0.4, -0.2) is 28.1 Å². The summed E-state index contributed by atoms with van der Waals surface area (Å²) in [5.74, 6) is -0.142. The third kappa shape index (κ3) is 1.58. The normalized spacial score (nSPS) is 18.2. The van der Waals surface area contributed by atoms with Crippen molar-refractivity contribution in [3.63, 3.8) is 0 Å². The van der Waals surface area contributed by atoms with Gasteiger partial charge < -0.3 is 15.4 Å². The third-order valence-corrected chi connectivity index (χ3v) is 2.38. The Bertz CT molecular complexity index is 301. The van der Waals surface area contributed by atoms with E-state index in [-0.39, 0.29) is 18.1 Å². The van der Waals surface area contributed by atoms with Gasteiger partial charge in [0.05, 0.1) is 12.1 Å². The van der Waals surface area contributed by atoms with Crippen molar-refractivity contribution in [2.75, 3.05) is 6.61 Å². The van der Waals surface area contributed by atoms with Crippen molar-refractivity contribution in [3.8, 4) is 0 Å². The lowest BCUT2D eigenvalue weighted by atomic mass is 10.3. The number of aliphatic hydroxyl groups excluding tert-OH is 1. The van der Waals surface area contributed by atoms with Gasteiger partial charge in [-0.25, -0.2) is 0 Å². The maximum atomic E-state index is 11.5. The first-order chi connectivity index (χ1) is 6.26. The molecule has 70 valence electrons. The zero-order valence-corrected chi connectivity index (χ0v) is 7.21. The molecule has 0 radical (unpaired) electrons. The van der Waals surface area contributed by atoms with Crippen molar-refractivity contribution in [2.24, 2.45) is 0 Å². The lowest BCUT2D eigenvalue weighted by molar-refractivity contribution is 0.0902. The molecular weight excluding hydrogens is 168 g/mol. The molecule has 4 nitrogen and oxygen atoms in total. The second kappa shape index (κ2) is 2.88. The first kappa shape index (κ1) is 8.31. The van der Waals surface area contributed by atoms with Gasteiger partial charge in [0.2, 0.25) is 0 Å². The Morgan fingerprint density at radius 3 is 2.92 bits per heavy atom. The summed E-state index contributed by atoms with van der Waals surface area (Å²) in [4.78, 5) is 14.3. The summed E-state index contributed by atoms with van der Waals surface area (Å²) in [6.45, 7) is 0.0272. The zero-order chi connectivity index (χ0) is 9.31. The molecule has 13 heavy (non-hydrogen) atoms. The smallest absolute Gasteiger partial charge is 0.268 e. The molecule has 0 aliphatic heterocycles. The van der Waals surface area contributed by atoms with Crippen molar-refractivity contribution < 1.29 is 9.90 Å². The van der Waals surface area contributed by atoms with E-state index < -0.39 is 0 Å². The lowest BCUT2D eigenvalue weighted by Crippen LogP contribution is -2.39. The van der Waals surface area contributed by atoms with Crippen LogP contribution in [0.5, 0.6) is 0 Å². The van der Waals surface area contributed by atoms with Gasteiger partial charge in [0.25, 0.3) is 5.91 Å². The van der Waals surface area contributed by atoms with E-state index in [4.69, 9.17) is 5.11 Å². The largest absolute Gasteiger partial charge is 0.394 e.